The Hall–Kier alpha value is -6.52. The number of aromatic nitrogens is 4. The monoisotopic (exact) mass is 859 g/mol. The summed E-state index contributed by atoms with van der Waals surface area (Å²) in [4.78, 5) is 63.0. The molecule has 2 aromatic carbocycles. The maximum absolute atomic E-state index is 15.2. The van der Waals surface area contributed by atoms with E-state index in [9.17, 15) is 19.2 Å². The number of amides is 4. The molecule has 0 radical (unpaired) electrons. The number of fused-ring (bicyclic) bond motifs is 4. The predicted octanol–water partition coefficient (Wildman–Crippen LogP) is 5.74. The minimum absolute atomic E-state index is 0.0141. The molecule has 8 heterocycles. The highest BCUT2D eigenvalue weighted by Gasteiger charge is 2.54. The molecule has 6 aliphatic rings. The normalized spacial score (nSPS) is 20.5. The number of nitrogens with zero attached hydrogens (tertiary/aromatic N) is 8. The molecule has 63 heavy (non-hydrogen) atoms. The molecule has 1 unspecified atom stereocenters. The third-order valence-electron chi connectivity index (χ3n) is 14.3. The molecular weight excluding hydrogens is 813 g/mol. The zero-order valence-corrected chi connectivity index (χ0v) is 35.3. The molecule has 15 nitrogen and oxygen atoms in total. The van der Waals surface area contributed by atoms with Gasteiger partial charge in [0.15, 0.2) is 5.82 Å². The van der Waals surface area contributed by atoms with Gasteiger partial charge in [-0.2, -0.15) is 5.10 Å². The Morgan fingerprint density at radius 3 is 2.49 bits per heavy atom. The summed E-state index contributed by atoms with van der Waals surface area (Å²) in [6.07, 6.45) is 6.92. The number of carbonyl (C=O) groups is 4. The Kier molecular flexibility index (Phi) is 9.07. The summed E-state index contributed by atoms with van der Waals surface area (Å²) >= 11 is 0. The fourth-order valence-electron chi connectivity index (χ4n) is 11.1. The largest absolute Gasteiger partial charge is 0.496 e. The van der Waals surface area contributed by atoms with Crippen LogP contribution < -0.4 is 24.6 Å². The van der Waals surface area contributed by atoms with E-state index in [2.05, 4.69) is 24.8 Å². The van der Waals surface area contributed by atoms with Gasteiger partial charge < -0.3 is 33.5 Å². The van der Waals surface area contributed by atoms with Crippen LogP contribution in [-0.4, -0.2) is 99.0 Å². The second kappa shape index (κ2) is 14.5. The molecule has 5 aromatic rings. The summed E-state index contributed by atoms with van der Waals surface area (Å²) in [5.41, 5.74) is 7.52. The van der Waals surface area contributed by atoms with E-state index in [4.69, 9.17) is 14.6 Å². The van der Waals surface area contributed by atoms with Crippen molar-refractivity contribution in [2.45, 2.75) is 83.5 Å². The summed E-state index contributed by atoms with van der Waals surface area (Å²) in [5.74, 6) is 0.611. The van der Waals surface area contributed by atoms with Gasteiger partial charge in [0.05, 0.1) is 38.6 Å². The Labute approximate surface area is 361 Å². The van der Waals surface area contributed by atoms with E-state index in [-0.39, 0.29) is 54.1 Å². The van der Waals surface area contributed by atoms with E-state index in [0.717, 1.165) is 66.2 Å². The number of hydrogen-bond donors (Lipinski definition) is 1. The lowest BCUT2D eigenvalue weighted by atomic mass is 9.60. The minimum Gasteiger partial charge on any atom is -0.496 e. The number of alkyl halides is 2. The van der Waals surface area contributed by atoms with Gasteiger partial charge in [-0.25, -0.2) is 13.8 Å². The number of anilines is 3. The second-order valence-electron chi connectivity index (χ2n) is 18.0. The standard InChI is InChI=1S/C46H47F2N9O6/c1-25(58)52-11-8-34-33(21-52)43(55-10-4-5-26-14-30(32(42(47)48)16-36(26)55)31-17-39-49-9-12-53(39)22-38(31)63-3)51-57(34)29-18-46(19-29)23-54(24-46)28-13-27-20-56(35-6-7-40(59)50-44(35)60)45(61)41(27)37(15-28)62-2/h9,12-17,22,29,35,42H,4-8,10-11,18-21,23-24H2,1-3H3,(H,50,59,60). The lowest BCUT2D eigenvalue weighted by Crippen LogP contribution is -2.62. The molecule has 3 aromatic heterocycles. The number of piperidine rings is 1. The predicted molar refractivity (Wildman–Crippen MR) is 226 cm³/mol. The topological polar surface area (TPSA) is 147 Å². The zero-order chi connectivity index (χ0) is 43.5. The SMILES string of the molecule is COc1cn2ccnc2cc1-c1cc2c(cc1C(F)F)N(c1nn(C3CC4(C3)CN(c3cc5c(c(OC)c3)C(=O)N(C3CCC(=O)NC3=O)C5)C4)c3c1CN(C(C)=O)CC3)CCC2. The van der Waals surface area contributed by atoms with Crippen LogP contribution in [0.5, 0.6) is 11.5 Å². The number of methoxy groups -OCH3 is 2. The first-order valence-corrected chi connectivity index (χ1v) is 21.6. The van der Waals surface area contributed by atoms with Crippen LogP contribution in [0.25, 0.3) is 16.8 Å². The van der Waals surface area contributed by atoms with Gasteiger partial charge in [0.25, 0.3) is 12.3 Å². The van der Waals surface area contributed by atoms with E-state index >= 15 is 8.78 Å². The van der Waals surface area contributed by atoms with Crippen LogP contribution in [0.1, 0.15) is 89.8 Å². The van der Waals surface area contributed by atoms with Gasteiger partial charge in [0, 0.05) is 110 Å². The van der Waals surface area contributed by atoms with Crippen LogP contribution in [-0.2, 0) is 40.3 Å². The number of carbonyl (C=O) groups excluding carboxylic acids is 4. The van der Waals surface area contributed by atoms with Crippen molar-refractivity contribution in [3.05, 3.63) is 82.4 Å². The lowest BCUT2D eigenvalue weighted by Gasteiger charge is -2.60. The highest BCUT2D eigenvalue weighted by Crippen LogP contribution is 2.56. The van der Waals surface area contributed by atoms with Crippen molar-refractivity contribution in [2.24, 2.45) is 5.41 Å². The van der Waals surface area contributed by atoms with Crippen LogP contribution in [0.3, 0.4) is 0 Å². The number of imide groups is 1. The Morgan fingerprint density at radius 1 is 0.937 bits per heavy atom. The fraction of sp³-hybridized carbons (Fsp3) is 0.435. The molecule has 2 saturated heterocycles. The number of hydrogen-bond acceptors (Lipinski definition) is 10. The first kappa shape index (κ1) is 39.3. The van der Waals surface area contributed by atoms with E-state index < -0.39 is 18.4 Å². The quantitative estimate of drug-likeness (QED) is 0.192. The molecule has 4 amide bonds. The smallest absolute Gasteiger partial charge is 0.264 e. The maximum Gasteiger partial charge on any atom is 0.264 e. The van der Waals surface area contributed by atoms with E-state index in [1.165, 1.54) is 7.11 Å². The minimum atomic E-state index is -2.75. The van der Waals surface area contributed by atoms with Gasteiger partial charge in [0.2, 0.25) is 17.7 Å². The Bertz CT molecular complexity index is 2770. The Morgan fingerprint density at radius 2 is 1.75 bits per heavy atom. The molecule has 1 N–H and O–H groups in total. The lowest BCUT2D eigenvalue weighted by molar-refractivity contribution is -0.137. The maximum atomic E-state index is 15.2. The summed E-state index contributed by atoms with van der Waals surface area (Å²) in [7, 11) is 3.08. The van der Waals surface area contributed by atoms with Crippen LogP contribution in [0.2, 0.25) is 0 Å². The number of ether oxygens (including phenoxy) is 2. The van der Waals surface area contributed by atoms with Gasteiger partial charge in [-0.05, 0) is 73.1 Å². The van der Waals surface area contributed by atoms with Crippen LogP contribution in [0.4, 0.5) is 26.0 Å². The van der Waals surface area contributed by atoms with Gasteiger partial charge >= 0.3 is 0 Å². The first-order valence-electron chi connectivity index (χ1n) is 21.6. The van der Waals surface area contributed by atoms with E-state index in [0.29, 0.717) is 72.0 Å². The zero-order valence-electron chi connectivity index (χ0n) is 35.3. The number of aryl methyl sites for hydroxylation is 1. The molecule has 5 aliphatic heterocycles. The van der Waals surface area contributed by atoms with Crippen molar-refractivity contribution in [1.29, 1.82) is 0 Å². The number of halogens is 2. The number of rotatable bonds is 8. The van der Waals surface area contributed by atoms with E-state index in [1.54, 1.807) is 54.1 Å². The van der Waals surface area contributed by atoms with Crippen molar-refractivity contribution in [1.82, 2.24) is 34.3 Å². The second-order valence-corrected chi connectivity index (χ2v) is 18.0. The number of benzene rings is 2. The third kappa shape index (κ3) is 6.24. The number of nitrogens with one attached hydrogen (secondary N) is 1. The molecule has 1 aliphatic carbocycles. The van der Waals surface area contributed by atoms with Crippen LogP contribution in [0.15, 0.2) is 48.9 Å². The summed E-state index contributed by atoms with van der Waals surface area (Å²) in [6.45, 7) is 5.08. The van der Waals surface area contributed by atoms with Crippen molar-refractivity contribution in [3.8, 4) is 22.6 Å². The molecule has 1 atom stereocenters. The van der Waals surface area contributed by atoms with Crippen LogP contribution in [0, 0.1) is 5.41 Å². The van der Waals surface area contributed by atoms with Gasteiger partial charge in [-0.15, -0.1) is 0 Å². The molecule has 11 rings (SSSR count). The summed E-state index contributed by atoms with van der Waals surface area (Å²) < 4.78 is 45.7. The number of imidazole rings is 1. The average molecular weight is 860 g/mol. The summed E-state index contributed by atoms with van der Waals surface area (Å²) in [6, 6.07) is 8.65. The molecule has 17 heteroatoms. The summed E-state index contributed by atoms with van der Waals surface area (Å²) in [5, 5.41) is 7.70. The third-order valence-corrected chi connectivity index (χ3v) is 14.3. The van der Waals surface area contributed by atoms with Crippen LogP contribution >= 0.6 is 0 Å². The highest BCUT2D eigenvalue weighted by atomic mass is 19.3. The molecular formula is C46H47F2N9O6. The van der Waals surface area contributed by atoms with E-state index in [1.807, 2.05) is 23.1 Å². The van der Waals surface area contributed by atoms with Crippen molar-refractivity contribution >= 4 is 46.5 Å². The van der Waals surface area contributed by atoms with Gasteiger partial charge in [-0.1, -0.05) is 0 Å². The van der Waals surface area contributed by atoms with Gasteiger partial charge in [0.1, 0.15) is 23.2 Å². The number of pyridine rings is 1. The van der Waals surface area contributed by atoms with Crippen molar-refractivity contribution in [3.63, 3.8) is 0 Å². The van der Waals surface area contributed by atoms with Gasteiger partial charge in [-0.3, -0.25) is 29.2 Å². The van der Waals surface area contributed by atoms with Crippen molar-refractivity contribution in [2.75, 3.05) is 50.2 Å². The molecule has 3 fully saturated rings. The molecule has 0 bridgehead atoms. The van der Waals surface area contributed by atoms with Crippen molar-refractivity contribution < 1.29 is 37.4 Å². The molecule has 1 spiro atoms. The fourth-order valence-corrected chi connectivity index (χ4v) is 11.1. The highest BCUT2D eigenvalue weighted by molar-refractivity contribution is 6.07. The molecule has 326 valence electrons. The first-order chi connectivity index (χ1) is 30.4. The average Bonchev–Trinajstić information content (AvgIpc) is 3.96. The Balaban J connectivity index is 0.865. The molecule has 1 saturated carbocycles.